The van der Waals surface area contributed by atoms with Crippen molar-refractivity contribution in [2.45, 2.75) is 39.7 Å². The summed E-state index contributed by atoms with van der Waals surface area (Å²) in [5.74, 6) is 1.13. The lowest BCUT2D eigenvalue weighted by Gasteiger charge is -2.26. The summed E-state index contributed by atoms with van der Waals surface area (Å²) in [6.07, 6.45) is 3.45. The minimum absolute atomic E-state index is 0. The van der Waals surface area contributed by atoms with E-state index in [1.165, 1.54) is 6.42 Å². The molecule has 1 aromatic rings. The molecule has 24 heavy (non-hydrogen) atoms. The Morgan fingerprint density at radius 2 is 1.83 bits per heavy atom. The van der Waals surface area contributed by atoms with Crippen LogP contribution in [-0.2, 0) is 6.54 Å². The van der Waals surface area contributed by atoms with Crippen molar-refractivity contribution in [3.05, 3.63) is 35.4 Å². The zero-order valence-electron chi connectivity index (χ0n) is 14.6. The van der Waals surface area contributed by atoms with Gasteiger partial charge in [0.2, 0.25) is 0 Å². The van der Waals surface area contributed by atoms with Gasteiger partial charge in [0.15, 0.2) is 5.96 Å². The fourth-order valence-electron chi connectivity index (χ4n) is 2.57. The van der Waals surface area contributed by atoms with Crippen LogP contribution in [0.2, 0.25) is 0 Å². The summed E-state index contributed by atoms with van der Waals surface area (Å²) < 4.78 is 0. The summed E-state index contributed by atoms with van der Waals surface area (Å²) in [5.41, 5.74) is 7.63. The van der Waals surface area contributed by atoms with Crippen LogP contribution in [0.3, 0.4) is 0 Å². The molecule has 0 unspecified atom stereocenters. The van der Waals surface area contributed by atoms with E-state index in [1.54, 1.807) is 0 Å². The summed E-state index contributed by atoms with van der Waals surface area (Å²) in [5, 5.41) is 3.09. The number of hydrogen-bond donors (Lipinski definition) is 2. The molecule has 6 heteroatoms. The lowest BCUT2D eigenvalue weighted by atomic mass is 10.1. The number of rotatable bonds is 5. The maximum absolute atomic E-state index is 12.4. The first kappa shape index (κ1) is 20.7. The third-order valence-electron chi connectivity index (χ3n) is 3.97. The van der Waals surface area contributed by atoms with Crippen molar-refractivity contribution in [1.29, 1.82) is 0 Å². The van der Waals surface area contributed by atoms with E-state index < -0.39 is 0 Å². The van der Waals surface area contributed by atoms with Gasteiger partial charge in [-0.1, -0.05) is 26.0 Å². The van der Waals surface area contributed by atoms with Crippen LogP contribution in [0.1, 0.15) is 49.0 Å². The number of halogens is 1. The second kappa shape index (κ2) is 10.5. The first-order valence-electron chi connectivity index (χ1n) is 8.48. The van der Waals surface area contributed by atoms with E-state index >= 15 is 0 Å². The molecule has 0 aromatic heterocycles. The highest BCUT2D eigenvalue weighted by molar-refractivity contribution is 14.0. The molecule has 0 saturated carbocycles. The number of carbonyl (C=O) groups is 1. The minimum Gasteiger partial charge on any atom is -0.370 e. The summed E-state index contributed by atoms with van der Waals surface area (Å²) in [7, 11) is 0. The number of guanidine groups is 1. The zero-order chi connectivity index (χ0) is 16.7. The molecule has 3 N–H and O–H groups in total. The predicted octanol–water partition coefficient (Wildman–Crippen LogP) is 2.99. The number of amides is 1. The number of carbonyl (C=O) groups excluding carboxylic acids is 1. The molecule has 0 atom stereocenters. The molecule has 0 radical (unpaired) electrons. The zero-order valence-corrected chi connectivity index (χ0v) is 17.0. The van der Waals surface area contributed by atoms with Crippen LogP contribution in [-0.4, -0.2) is 36.4 Å². The summed E-state index contributed by atoms with van der Waals surface area (Å²) in [6.45, 7) is 7.34. The van der Waals surface area contributed by atoms with Gasteiger partial charge in [-0.15, -0.1) is 24.0 Å². The monoisotopic (exact) mass is 444 g/mol. The lowest BCUT2D eigenvalue weighted by Crippen LogP contribution is -2.35. The minimum atomic E-state index is 0. The predicted molar refractivity (Wildman–Crippen MR) is 110 cm³/mol. The summed E-state index contributed by atoms with van der Waals surface area (Å²) >= 11 is 0. The van der Waals surface area contributed by atoms with Gasteiger partial charge >= 0.3 is 0 Å². The maximum atomic E-state index is 12.4. The van der Waals surface area contributed by atoms with Crippen molar-refractivity contribution >= 4 is 35.8 Å². The number of piperidine rings is 1. The summed E-state index contributed by atoms with van der Waals surface area (Å²) in [6, 6.07) is 7.69. The van der Waals surface area contributed by atoms with E-state index in [9.17, 15) is 4.79 Å². The Labute approximate surface area is 162 Å². The first-order valence-corrected chi connectivity index (χ1v) is 8.48. The van der Waals surface area contributed by atoms with E-state index in [1.807, 2.05) is 29.2 Å². The second-order valence-corrected chi connectivity index (χ2v) is 6.53. The Hall–Kier alpha value is -1.31. The van der Waals surface area contributed by atoms with Crippen LogP contribution >= 0.6 is 24.0 Å². The topological polar surface area (TPSA) is 70.7 Å². The molecule has 5 nitrogen and oxygen atoms in total. The lowest BCUT2D eigenvalue weighted by molar-refractivity contribution is 0.0724. The molecule has 2 rings (SSSR count). The Morgan fingerprint density at radius 1 is 1.21 bits per heavy atom. The van der Waals surface area contributed by atoms with Gasteiger partial charge in [0.05, 0.1) is 6.54 Å². The van der Waals surface area contributed by atoms with Gasteiger partial charge in [0.25, 0.3) is 5.91 Å². The molecule has 1 heterocycles. The number of benzene rings is 1. The third kappa shape index (κ3) is 6.67. The molecule has 0 bridgehead atoms. The van der Waals surface area contributed by atoms with Gasteiger partial charge in [0.1, 0.15) is 0 Å². The number of likely N-dealkylation sites (tertiary alicyclic amines) is 1. The highest BCUT2D eigenvalue weighted by Crippen LogP contribution is 2.14. The molecule has 134 valence electrons. The van der Waals surface area contributed by atoms with Crippen molar-refractivity contribution in [3.8, 4) is 0 Å². The Bertz CT molecular complexity index is 536. The molecule has 0 spiro atoms. The fraction of sp³-hybridized carbons (Fsp3) is 0.556. The van der Waals surface area contributed by atoms with Gasteiger partial charge in [0, 0.05) is 25.2 Å². The standard InChI is InChI=1S/C18H28N4O.HI/c1-14(2)12-20-18(19)21-13-15-6-8-16(9-7-15)17(23)22-10-4-3-5-11-22;/h6-9,14H,3-5,10-13H2,1-2H3,(H3,19,20,21);1H. The van der Waals surface area contributed by atoms with Crippen molar-refractivity contribution in [2.75, 3.05) is 19.6 Å². The van der Waals surface area contributed by atoms with Crippen LogP contribution in [0, 0.1) is 5.92 Å². The highest BCUT2D eigenvalue weighted by Gasteiger charge is 2.17. The van der Waals surface area contributed by atoms with Crippen molar-refractivity contribution in [2.24, 2.45) is 16.6 Å². The third-order valence-corrected chi connectivity index (χ3v) is 3.97. The Kier molecular flexibility index (Phi) is 9.10. The average Bonchev–Trinajstić information content (AvgIpc) is 2.58. The number of aliphatic imine (C=N–C) groups is 1. The maximum Gasteiger partial charge on any atom is 0.253 e. The van der Waals surface area contributed by atoms with Crippen LogP contribution in [0.5, 0.6) is 0 Å². The Morgan fingerprint density at radius 3 is 2.42 bits per heavy atom. The molecule has 0 aliphatic carbocycles. The molecule has 1 amide bonds. The van der Waals surface area contributed by atoms with E-state index in [0.29, 0.717) is 18.4 Å². The number of hydrogen-bond acceptors (Lipinski definition) is 2. The number of nitrogens with two attached hydrogens (primary N) is 1. The average molecular weight is 444 g/mol. The van der Waals surface area contributed by atoms with E-state index in [4.69, 9.17) is 5.73 Å². The van der Waals surface area contributed by atoms with Crippen LogP contribution in [0.4, 0.5) is 0 Å². The van der Waals surface area contributed by atoms with Crippen LogP contribution in [0.15, 0.2) is 29.3 Å². The normalized spacial score (nSPS) is 15.1. The first-order chi connectivity index (χ1) is 11.1. The number of nitrogens with one attached hydrogen (secondary N) is 1. The highest BCUT2D eigenvalue weighted by atomic mass is 127. The molecule has 1 aliphatic heterocycles. The largest absolute Gasteiger partial charge is 0.370 e. The van der Waals surface area contributed by atoms with Crippen LogP contribution in [0.25, 0.3) is 0 Å². The molecule has 1 aliphatic rings. The van der Waals surface area contributed by atoms with Gasteiger partial charge in [-0.2, -0.15) is 0 Å². The van der Waals surface area contributed by atoms with Gasteiger partial charge in [-0.25, -0.2) is 4.99 Å². The SMILES string of the molecule is CC(C)CNC(N)=NCc1ccc(C(=O)N2CCCCC2)cc1.I. The van der Waals surface area contributed by atoms with E-state index in [0.717, 1.165) is 43.6 Å². The molecule has 1 saturated heterocycles. The second-order valence-electron chi connectivity index (χ2n) is 6.53. The molecule has 1 aromatic carbocycles. The van der Waals surface area contributed by atoms with Gasteiger partial charge < -0.3 is 16.0 Å². The van der Waals surface area contributed by atoms with Gasteiger partial charge in [-0.3, -0.25) is 4.79 Å². The summed E-state index contributed by atoms with van der Waals surface area (Å²) in [4.78, 5) is 18.7. The van der Waals surface area contributed by atoms with Crippen LogP contribution < -0.4 is 11.1 Å². The van der Waals surface area contributed by atoms with Crippen molar-refractivity contribution < 1.29 is 4.79 Å². The van der Waals surface area contributed by atoms with Crippen molar-refractivity contribution in [1.82, 2.24) is 10.2 Å². The fourth-order valence-corrected chi connectivity index (χ4v) is 2.57. The van der Waals surface area contributed by atoms with E-state index in [-0.39, 0.29) is 29.9 Å². The van der Waals surface area contributed by atoms with E-state index in [2.05, 4.69) is 24.2 Å². The van der Waals surface area contributed by atoms with Crippen molar-refractivity contribution in [3.63, 3.8) is 0 Å². The Balaban J connectivity index is 0.00000288. The van der Waals surface area contributed by atoms with Gasteiger partial charge in [-0.05, 0) is 42.9 Å². The number of nitrogens with zero attached hydrogens (tertiary/aromatic N) is 2. The molecular formula is C18H29IN4O. The smallest absolute Gasteiger partial charge is 0.253 e. The molecular weight excluding hydrogens is 415 g/mol. The molecule has 1 fully saturated rings. The quantitative estimate of drug-likeness (QED) is 0.417.